The van der Waals surface area contributed by atoms with E-state index in [4.69, 9.17) is 11.6 Å². The van der Waals surface area contributed by atoms with Crippen molar-refractivity contribution in [2.24, 2.45) is 0 Å². The molecule has 0 saturated carbocycles. The molecule has 1 aromatic rings. The summed E-state index contributed by atoms with van der Waals surface area (Å²) in [6, 6.07) is 5.06. The van der Waals surface area contributed by atoms with Crippen LogP contribution in [0.15, 0.2) is 18.2 Å². The SMILES string of the molecule is O=Cc1ccc(Cl)cc1C#CCCBr. The summed E-state index contributed by atoms with van der Waals surface area (Å²) in [4.78, 5) is 10.7. The van der Waals surface area contributed by atoms with Gasteiger partial charge in [-0.2, -0.15) is 0 Å². The zero-order valence-corrected chi connectivity index (χ0v) is 9.73. The van der Waals surface area contributed by atoms with Crippen LogP contribution in [-0.2, 0) is 0 Å². The van der Waals surface area contributed by atoms with E-state index in [9.17, 15) is 4.79 Å². The Labute approximate surface area is 96.6 Å². The van der Waals surface area contributed by atoms with Gasteiger partial charge in [-0.1, -0.05) is 39.4 Å². The predicted octanol–water partition coefficient (Wildman–Crippen LogP) is 3.29. The van der Waals surface area contributed by atoms with Gasteiger partial charge in [-0.3, -0.25) is 4.79 Å². The van der Waals surface area contributed by atoms with Crippen LogP contribution in [0.5, 0.6) is 0 Å². The molecule has 0 spiro atoms. The van der Waals surface area contributed by atoms with Crippen LogP contribution in [-0.4, -0.2) is 11.6 Å². The molecule has 0 N–H and O–H groups in total. The number of hydrogen-bond donors (Lipinski definition) is 0. The van der Waals surface area contributed by atoms with Gasteiger partial charge in [0.2, 0.25) is 0 Å². The molecule has 72 valence electrons. The first-order valence-electron chi connectivity index (χ1n) is 4.07. The van der Waals surface area contributed by atoms with Crippen molar-refractivity contribution in [1.29, 1.82) is 0 Å². The lowest BCUT2D eigenvalue weighted by molar-refractivity contribution is 0.112. The predicted molar refractivity (Wildman–Crippen MR) is 62.1 cm³/mol. The van der Waals surface area contributed by atoms with E-state index >= 15 is 0 Å². The zero-order chi connectivity index (χ0) is 10.4. The van der Waals surface area contributed by atoms with Gasteiger partial charge in [-0.15, -0.1) is 0 Å². The second-order valence-corrected chi connectivity index (χ2v) is 3.82. The molecule has 1 aromatic carbocycles. The minimum absolute atomic E-state index is 0.580. The first kappa shape index (κ1) is 11.3. The number of carbonyl (C=O) groups excluding carboxylic acids is 1. The standard InChI is InChI=1S/C11H8BrClO/c12-6-2-1-3-9-7-11(13)5-4-10(9)8-14/h4-5,7-8H,2,6H2. The monoisotopic (exact) mass is 270 g/mol. The quantitative estimate of drug-likeness (QED) is 0.458. The van der Waals surface area contributed by atoms with Gasteiger partial charge < -0.3 is 0 Å². The maximum absolute atomic E-state index is 10.7. The van der Waals surface area contributed by atoms with Crippen LogP contribution in [0, 0.1) is 11.8 Å². The Hall–Kier alpha value is -0.780. The Morgan fingerprint density at radius 2 is 2.29 bits per heavy atom. The summed E-state index contributed by atoms with van der Waals surface area (Å²) in [7, 11) is 0. The third-order valence-corrected chi connectivity index (χ3v) is 2.22. The Morgan fingerprint density at radius 1 is 1.50 bits per heavy atom. The van der Waals surface area contributed by atoms with E-state index in [-0.39, 0.29) is 0 Å². The van der Waals surface area contributed by atoms with Crippen molar-refractivity contribution in [3.8, 4) is 11.8 Å². The first-order chi connectivity index (χ1) is 6.77. The number of rotatable bonds is 2. The number of benzene rings is 1. The summed E-state index contributed by atoms with van der Waals surface area (Å²) < 4.78 is 0. The van der Waals surface area contributed by atoms with Gasteiger partial charge in [0.05, 0.1) is 0 Å². The van der Waals surface area contributed by atoms with Gasteiger partial charge in [0.25, 0.3) is 0 Å². The fraction of sp³-hybridized carbons (Fsp3) is 0.182. The van der Waals surface area contributed by atoms with Gasteiger partial charge in [-0.05, 0) is 18.2 Å². The first-order valence-corrected chi connectivity index (χ1v) is 5.57. The number of alkyl halides is 1. The molecule has 0 heterocycles. The highest BCUT2D eigenvalue weighted by Gasteiger charge is 1.98. The smallest absolute Gasteiger partial charge is 0.151 e. The molecule has 1 nitrogen and oxygen atoms in total. The molecule has 0 aliphatic rings. The van der Waals surface area contributed by atoms with Crippen molar-refractivity contribution < 1.29 is 4.79 Å². The number of carbonyl (C=O) groups is 1. The number of halogens is 2. The highest BCUT2D eigenvalue weighted by Crippen LogP contribution is 2.13. The Morgan fingerprint density at radius 3 is 2.93 bits per heavy atom. The average molecular weight is 272 g/mol. The fourth-order valence-corrected chi connectivity index (χ4v) is 1.31. The lowest BCUT2D eigenvalue weighted by Crippen LogP contribution is -1.86. The van der Waals surface area contributed by atoms with E-state index < -0.39 is 0 Å². The Balaban J connectivity index is 3.00. The van der Waals surface area contributed by atoms with E-state index in [0.717, 1.165) is 18.0 Å². The van der Waals surface area contributed by atoms with Crippen LogP contribution in [0.2, 0.25) is 5.02 Å². The molecular formula is C11H8BrClO. The van der Waals surface area contributed by atoms with Crippen molar-refractivity contribution in [1.82, 2.24) is 0 Å². The minimum atomic E-state index is 0.580. The summed E-state index contributed by atoms with van der Waals surface area (Å²) in [5, 5.41) is 1.43. The van der Waals surface area contributed by atoms with Crippen molar-refractivity contribution >= 4 is 33.8 Å². The second-order valence-electron chi connectivity index (χ2n) is 2.59. The Kier molecular flexibility index (Phi) is 4.72. The highest BCUT2D eigenvalue weighted by atomic mass is 79.9. The highest BCUT2D eigenvalue weighted by molar-refractivity contribution is 9.09. The van der Waals surface area contributed by atoms with E-state index in [1.807, 2.05) is 0 Å². The molecule has 0 amide bonds. The number of hydrogen-bond acceptors (Lipinski definition) is 1. The molecule has 0 aliphatic heterocycles. The maximum atomic E-state index is 10.7. The molecule has 0 saturated heterocycles. The summed E-state index contributed by atoms with van der Waals surface area (Å²) in [6.07, 6.45) is 1.54. The number of aldehydes is 1. The molecule has 1 rings (SSSR count). The molecule has 0 aromatic heterocycles. The molecule has 14 heavy (non-hydrogen) atoms. The molecule has 0 unspecified atom stereocenters. The third kappa shape index (κ3) is 3.17. The normalized spacial score (nSPS) is 9.00. The van der Waals surface area contributed by atoms with Crippen LogP contribution >= 0.6 is 27.5 Å². The lowest BCUT2D eigenvalue weighted by atomic mass is 10.1. The largest absolute Gasteiger partial charge is 0.298 e. The van der Waals surface area contributed by atoms with Crippen LogP contribution in [0.3, 0.4) is 0 Å². The second kappa shape index (κ2) is 5.85. The topological polar surface area (TPSA) is 17.1 Å². The van der Waals surface area contributed by atoms with Crippen LogP contribution in [0.1, 0.15) is 22.3 Å². The third-order valence-electron chi connectivity index (χ3n) is 1.58. The lowest BCUT2D eigenvalue weighted by Gasteiger charge is -1.96. The zero-order valence-electron chi connectivity index (χ0n) is 7.39. The van der Waals surface area contributed by atoms with Gasteiger partial charge >= 0.3 is 0 Å². The van der Waals surface area contributed by atoms with Crippen molar-refractivity contribution in [2.75, 3.05) is 5.33 Å². The van der Waals surface area contributed by atoms with Crippen LogP contribution in [0.25, 0.3) is 0 Å². The molecule has 0 aliphatic carbocycles. The van der Waals surface area contributed by atoms with Crippen LogP contribution < -0.4 is 0 Å². The van der Waals surface area contributed by atoms with Gasteiger partial charge in [0.15, 0.2) is 6.29 Å². The van der Waals surface area contributed by atoms with Gasteiger partial charge in [-0.25, -0.2) is 0 Å². The maximum Gasteiger partial charge on any atom is 0.151 e. The van der Waals surface area contributed by atoms with Gasteiger partial charge in [0.1, 0.15) is 0 Å². The van der Waals surface area contributed by atoms with E-state index in [1.165, 1.54) is 0 Å². The summed E-state index contributed by atoms with van der Waals surface area (Å²) in [5.74, 6) is 5.85. The average Bonchev–Trinajstić information content (AvgIpc) is 2.19. The molecule has 0 bridgehead atoms. The summed E-state index contributed by atoms with van der Waals surface area (Å²) in [6.45, 7) is 0. The molecular weight excluding hydrogens is 263 g/mol. The van der Waals surface area contributed by atoms with E-state index in [1.54, 1.807) is 18.2 Å². The van der Waals surface area contributed by atoms with Crippen molar-refractivity contribution in [2.45, 2.75) is 6.42 Å². The summed E-state index contributed by atoms with van der Waals surface area (Å²) in [5.41, 5.74) is 1.27. The van der Waals surface area contributed by atoms with Gasteiger partial charge in [0, 0.05) is 27.9 Å². The van der Waals surface area contributed by atoms with Crippen molar-refractivity contribution in [3.63, 3.8) is 0 Å². The molecule has 3 heteroatoms. The van der Waals surface area contributed by atoms with Crippen molar-refractivity contribution in [3.05, 3.63) is 34.3 Å². The van der Waals surface area contributed by atoms with Crippen LogP contribution in [0.4, 0.5) is 0 Å². The molecule has 0 radical (unpaired) electrons. The van der Waals surface area contributed by atoms with E-state index in [0.29, 0.717) is 16.1 Å². The molecule has 0 atom stereocenters. The summed E-state index contributed by atoms with van der Waals surface area (Å²) >= 11 is 9.07. The minimum Gasteiger partial charge on any atom is -0.298 e. The molecule has 0 fully saturated rings. The van der Waals surface area contributed by atoms with E-state index in [2.05, 4.69) is 27.8 Å². The fourth-order valence-electron chi connectivity index (χ4n) is 0.944. The Bertz CT molecular complexity index is 390.